The second kappa shape index (κ2) is 12.8. The van der Waals surface area contributed by atoms with E-state index in [0.29, 0.717) is 30.6 Å². The van der Waals surface area contributed by atoms with E-state index in [-0.39, 0.29) is 5.91 Å². The molecule has 4 aromatic rings. The van der Waals surface area contributed by atoms with Crippen LogP contribution in [0.25, 0.3) is 22.0 Å². The van der Waals surface area contributed by atoms with Crippen molar-refractivity contribution in [2.75, 3.05) is 33.8 Å². The lowest BCUT2D eigenvalue weighted by Gasteiger charge is -2.17. The molecule has 0 atom stereocenters. The molecule has 0 aliphatic carbocycles. The fourth-order valence-corrected chi connectivity index (χ4v) is 4.17. The van der Waals surface area contributed by atoms with Crippen molar-refractivity contribution in [1.29, 1.82) is 0 Å². The SMILES string of the molecule is CC/C(=C(/c1ccc(OCCNC/C=C/C(=O)N(C)C)cc1)c1ccc2n[nH]c(F)c2c1)c1cccnc1. The minimum absolute atomic E-state index is 0.0406. The molecule has 0 radical (unpaired) electrons. The summed E-state index contributed by atoms with van der Waals surface area (Å²) in [6, 6.07) is 17.5. The van der Waals surface area contributed by atoms with Crippen molar-refractivity contribution >= 4 is 28.0 Å². The minimum Gasteiger partial charge on any atom is -0.492 e. The molecule has 4 rings (SSSR count). The highest BCUT2D eigenvalue weighted by Gasteiger charge is 2.15. The van der Waals surface area contributed by atoms with Crippen LogP contribution in [0, 0.1) is 5.95 Å². The molecule has 0 saturated carbocycles. The van der Waals surface area contributed by atoms with Crippen molar-refractivity contribution in [3.63, 3.8) is 0 Å². The fraction of sp³-hybridized carbons (Fsp3) is 0.233. The topological polar surface area (TPSA) is 83.1 Å². The number of H-pyrrole nitrogens is 1. The molecule has 2 heterocycles. The molecule has 8 heteroatoms. The second-order valence-corrected chi connectivity index (χ2v) is 8.93. The van der Waals surface area contributed by atoms with Gasteiger partial charge in [-0.1, -0.05) is 37.3 Å². The van der Waals surface area contributed by atoms with Crippen LogP contribution in [-0.4, -0.2) is 59.8 Å². The summed E-state index contributed by atoms with van der Waals surface area (Å²) in [5.74, 6) is 0.267. The fourth-order valence-electron chi connectivity index (χ4n) is 4.17. The zero-order chi connectivity index (χ0) is 26.9. The van der Waals surface area contributed by atoms with Gasteiger partial charge in [0, 0.05) is 45.7 Å². The van der Waals surface area contributed by atoms with Gasteiger partial charge in [0.15, 0.2) is 0 Å². The lowest BCUT2D eigenvalue weighted by atomic mass is 9.88. The highest BCUT2D eigenvalue weighted by molar-refractivity contribution is 6.00. The van der Waals surface area contributed by atoms with E-state index in [9.17, 15) is 9.18 Å². The van der Waals surface area contributed by atoms with E-state index >= 15 is 0 Å². The molecule has 0 saturated heterocycles. The number of benzene rings is 2. The smallest absolute Gasteiger partial charge is 0.245 e. The number of aromatic nitrogens is 3. The summed E-state index contributed by atoms with van der Waals surface area (Å²) >= 11 is 0. The normalized spacial score (nSPS) is 12.1. The van der Waals surface area contributed by atoms with Crippen LogP contribution in [0.15, 0.2) is 79.1 Å². The van der Waals surface area contributed by atoms with Gasteiger partial charge in [-0.3, -0.25) is 14.9 Å². The third-order valence-corrected chi connectivity index (χ3v) is 6.12. The second-order valence-electron chi connectivity index (χ2n) is 8.93. The Morgan fingerprint density at radius 1 is 1.11 bits per heavy atom. The van der Waals surface area contributed by atoms with Gasteiger partial charge in [-0.15, -0.1) is 0 Å². The van der Waals surface area contributed by atoms with Crippen molar-refractivity contribution in [3.05, 3.63) is 102 Å². The number of nitrogens with zero attached hydrogens (tertiary/aromatic N) is 3. The Hall–Kier alpha value is -4.30. The van der Waals surface area contributed by atoms with Crippen molar-refractivity contribution in [3.8, 4) is 5.75 Å². The number of amides is 1. The first kappa shape index (κ1) is 26.8. The van der Waals surface area contributed by atoms with Crippen molar-refractivity contribution in [2.24, 2.45) is 0 Å². The molecule has 0 bridgehead atoms. The van der Waals surface area contributed by atoms with E-state index in [4.69, 9.17) is 4.74 Å². The number of fused-ring (bicyclic) bond motifs is 1. The summed E-state index contributed by atoms with van der Waals surface area (Å²) < 4.78 is 20.2. The molecule has 2 aromatic carbocycles. The number of pyridine rings is 1. The number of nitrogens with one attached hydrogen (secondary N) is 2. The van der Waals surface area contributed by atoms with Gasteiger partial charge in [0.05, 0.1) is 10.9 Å². The Morgan fingerprint density at radius 2 is 1.89 bits per heavy atom. The molecule has 0 aliphatic rings. The van der Waals surface area contributed by atoms with Gasteiger partial charge < -0.3 is 15.0 Å². The maximum Gasteiger partial charge on any atom is 0.245 e. The first-order valence-corrected chi connectivity index (χ1v) is 12.6. The molecule has 38 heavy (non-hydrogen) atoms. The minimum atomic E-state index is -0.447. The van der Waals surface area contributed by atoms with E-state index in [0.717, 1.165) is 40.0 Å². The van der Waals surface area contributed by atoms with Crippen LogP contribution in [0.3, 0.4) is 0 Å². The van der Waals surface area contributed by atoms with E-state index in [1.807, 2.05) is 60.8 Å². The Kier molecular flexibility index (Phi) is 9.00. The van der Waals surface area contributed by atoms with Gasteiger partial charge in [0.1, 0.15) is 12.4 Å². The maximum atomic E-state index is 14.3. The van der Waals surface area contributed by atoms with Crippen LogP contribution in [0.2, 0.25) is 0 Å². The van der Waals surface area contributed by atoms with Crippen molar-refractivity contribution in [2.45, 2.75) is 13.3 Å². The number of allylic oxidation sites excluding steroid dienone is 1. The number of carbonyl (C=O) groups excluding carboxylic acids is 1. The third-order valence-electron chi connectivity index (χ3n) is 6.12. The molecule has 0 unspecified atom stereocenters. The predicted molar refractivity (Wildman–Crippen MR) is 149 cm³/mol. The van der Waals surface area contributed by atoms with Gasteiger partial charge in [-0.25, -0.2) is 0 Å². The monoisotopic (exact) mass is 513 g/mol. The van der Waals surface area contributed by atoms with Gasteiger partial charge in [0.2, 0.25) is 11.9 Å². The summed E-state index contributed by atoms with van der Waals surface area (Å²) in [5.41, 5.74) is 5.62. The summed E-state index contributed by atoms with van der Waals surface area (Å²) in [4.78, 5) is 17.4. The quantitative estimate of drug-likeness (QED) is 0.216. The average molecular weight is 514 g/mol. The van der Waals surface area contributed by atoms with Crippen LogP contribution >= 0.6 is 0 Å². The van der Waals surface area contributed by atoms with Crippen molar-refractivity contribution in [1.82, 2.24) is 25.4 Å². The summed E-state index contributed by atoms with van der Waals surface area (Å²) in [7, 11) is 3.44. The number of rotatable bonds is 11. The molecule has 7 nitrogen and oxygen atoms in total. The predicted octanol–water partition coefficient (Wildman–Crippen LogP) is 5.08. The van der Waals surface area contributed by atoms with Gasteiger partial charge in [-0.05, 0) is 64.6 Å². The molecular weight excluding hydrogens is 481 g/mol. The Bertz CT molecular complexity index is 1430. The van der Waals surface area contributed by atoms with Crippen molar-refractivity contribution < 1.29 is 13.9 Å². The first-order chi connectivity index (χ1) is 18.5. The lowest BCUT2D eigenvalue weighted by Crippen LogP contribution is -2.22. The molecule has 0 aliphatic heterocycles. The van der Waals surface area contributed by atoms with Crippen LogP contribution in [-0.2, 0) is 4.79 Å². The zero-order valence-electron chi connectivity index (χ0n) is 21.9. The lowest BCUT2D eigenvalue weighted by molar-refractivity contribution is -0.123. The summed E-state index contributed by atoms with van der Waals surface area (Å²) in [5, 5.41) is 10.1. The number of likely N-dealkylation sites (N-methyl/N-ethyl adjacent to an activating group) is 1. The van der Waals surface area contributed by atoms with Gasteiger partial charge in [-0.2, -0.15) is 9.49 Å². The third kappa shape index (κ3) is 6.52. The van der Waals surface area contributed by atoms with Crippen LogP contribution in [0.1, 0.15) is 30.0 Å². The molecule has 0 spiro atoms. The van der Waals surface area contributed by atoms with E-state index in [1.165, 1.54) is 4.90 Å². The molecule has 0 fully saturated rings. The summed E-state index contributed by atoms with van der Waals surface area (Å²) in [6.45, 7) is 3.83. The Labute approximate surface area is 222 Å². The number of carbonyl (C=O) groups is 1. The van der Waals surface area contributed by atoms with Crippen LogP contribution in [0.4, 0.5) is 4.39 Å². The van der Waals surface area contributed by atoms with Gasteiger partial charge in [0.25, 0.3) is 0 Å². The van der Waals surface area contributed by atoms with E-state index in [2.05, 4.69) is 27.4 Å². The zero-order valence-corrected chi connectivity index (χ0v) is 21.9. The number of hydrogen-bond donors (Lipinski definition) is 2. The molecule has 2 N–H and O–H groups in total. The van der Waals surface area contributed by atoms with Crippen LogP contribution < -0.4 is 10.1 Å². The molecule has 1 amide bonds. The molecular formula is C30H32FN5O2. The molecule has 2 aromatic heterocycles. The standard InChI is InChI=1S/C30H32FN5O2/c1-4-25(23-7-5-16-33-20-23)29(22-11-14-27-26(19-22)30(31)35-34-27)21-9-12-24(13-10-21)38-18-17-32-15-6-8-28(37)36(2)3/h5-14,16,19-20,32H,4,15,17-18H2,1-3H3,(H,34,35)/b8-6+,29-25+. The van der Waals surface area contributed by atoms with Crippen LogP contribution in [0.5, 0.6) is 5.75 Å². The number of ether oxygens (including phenoxy) is 1. The highest BCUT2D eigenvalue weighted by Crippen LogP contribution is 2.36. The summed E-state index contributed by atoms with van der Waals surface area (Å²) in [6.07, 6.45) is 7.72. The van der Waals surface area contributed by atoms with E-state index in [1.54, 1.807) is 32.4 Å². The number of hydrogen-bond acceptors (Lipinski definition) is 5. The van der Waals surface area contributed by atoms with Gasteiger partial charge >= 0.3 is 0 Å². The first-order valence-electron chi connectivity index (χ1n) is 12.6. The Balaban J connectivity index is 1.53. The number of aromatic amines is 1. The maximum absolute atomic E-state index is 14.3. The van der Waals surface area contributed by atoms with E-state index < -0.39 is 5.95 Å². The number of halogens is 1. The molecule has 196 valence electrons. The Morgan fingerprint density at radius 3 is 2.61 bits per heavy atom. The largest absolute Gasteiger partial charge is 0.492 e. The highest BCUT2D eigenvalue weighted by atomic mass is 19.1. The average Bonchev–Trinajstić information content (AvgIpc) is 3.31.